The molecule has 1 heterocycles. The summed E-state index contributed by atoms with van der Waals surface area (Å²) in [7, 11) is 0. The number of hydrogen-bond acceptors (Lipinski definition) is 4. The highest BCUT2D eigenvalue weighted by Crippen LogP contribution is 2.36. The molecule has 8 heteroatoms. The molecule has 0 saturated carbocycles. The topological polar surface area (TPSA) is 66.6 Å². The van der Waals surface area contributed by atoms with Crippen LogP contribution in [0.2, 0.25) is 0 Å². The first kappa shape index (κ1) is 15.6. The lowest BCUT2D eigenvalue weighted by molar-refractivity contribution is -0.385. The first-order valence-electron chi connectivity index (χ1n) is 6.52. The normalized spacial score (nSPS) is 17.0. The van der Waals surface area contributed by atoms with E-state index < -0.39 is 23.6 Å². The van der Waals surface area contributed by atoms with Gasteiger partial charge >= 0.3 is 6.18 Å². The second kappa shape index (κ2) is 5.88. The summed E-state index contributed by atoms with van der Waals surface area (Å²) in [6.45, 7) is 0.00286. The van der Waals surface area contributed by atoms with Gasteiger partial charge in [0.25, 0.3) is 5.69 Å². The summed E-state index contributed by atoms with van der Waals surface area (Å²) < 4.78 is 37.8. The largest absolute Gasteiger partial charge is 0.391 e. The van der Waals surface area contributed by atoms with Crippen LogP contribution in [-0.4, -0.2) is 29.3 Å². The number of benzene rings is 1. The molecular weight excluding hydrogens is 289 g/mol. The molecule has 0 bridgehead atoms. The molecule has 0 aliphatic carbocycles. The minimum atomic E-state index is -4.17. The van der Waals surface area contributed by atoms with Crippen molar-refractivity contribution in [3.05, 3.63) is 33.9 Å². The van der Waals surface area contributed by atoms with Crippen molar-refractivity contribution in [1.29, 1.82) is 0 Å². The Morgan fingerprint density at radius 1 is 1.33 bits per heavy atom. The lowest BCUT2D eigenvalue weighted by Gasteiger charge is -2.34. The fraction of sp³-hybridized carbons (Fsp3) is 0.538. The van der Waals surface area contributed by atoms with E-state index in [2.05, 4.69) is 0 Å². The van der Waals surface area contributed by atoms with Crippen LogP contribution in [0.25, 0.3) is 0 Å². The molecule has 1 fully saturated rings. The van der Waals surface area contributed by atoms with Crippen LogP contribution < -0.4 is 4.90 Å². The van der Waals surface area contributed by atoms with Crippen LogP contribution in [0.1, 0.15) is 18.4 Å². The maximum Gasteiger partial charge on any atom is 0.391 e. The quantitative estimate of drug-likeness (QED) is 0.689. The van der Waals surface area contributed by atoms with Crippen molar-refractivity contribution in [2.75, 3.05) is 18.0 Å². The average Bonchev–Trinajstić information content (AvgIpc) is 2.45. The molecule has 1 saturated heterocycles. The van der Waals surface area contributed by atoms with Gasteiger partial charge in [0.1, 0.15) is 0 Å². The number of piperidine rings is 1. The summed E-state index contributed by atoms with van der Waals surface area (Å²) in [5, 5.41) is 19.9. The van der Waals surface area contributed by atoms with Gasteiger partial charge in [-0.2, -0.15) is 13.2 Å². The van der Waals surface area contributed by atoms with Crippen molar-refractivity contribution in [2.45, 2.75) is 25.6 Å². The van der Waals surface area contributed by atoms with Crippen molar-refractivity contribution >= 4 is 11.4 Å². The van der Waals surface area contributed by atoms with Crippen LogP contribution in [0.4, 0.5) is 24.5 Å². The molecule has 1 aromatic rings. The van der Waals surface area contributed by atoms with E-state index in [1.54, 1.807) is 4.90 Å². The number of alkyl halides is 3. The Kier molecular flexibility index (Phi) is 4.36. The lowest BCUT2D eigenvalue weighted by atomic mass is 9.95. The molecule has 0 aromatic heterocycles. The van der Waals surface area contributed by atoms with Gasteiger partial charge in [-0.25, -0.2) is 0 Å². The number of aliphatic hydroxyl groups excluding tert-OH is 1. The van der Waals surface area contributed by atoms with Crippen molar-refractivity contribution in [3.63, 3.8) is 0 Å². The number of halogens is 3. The van der Waals surface area contributed by atoms with Gasteiger partial charge in [0, 0.05) is 24.8 Å². The van der Waals surface area contributed by atoms with Gasteiger partial charge in [0.05, 0.1) is 23.0 Å². The predicted molar refractivity (Wildman–Crippen MR) is 70.0 cm³/mol. The number of nitro benzene ring substituents is 1. The minimum absolute atomic E-state index is 0.00887. The molecule has 116 valence electrons. The molecular formula is C13H15F3N2O3. The smallest absolute Gasteiger partial charge is 0.391 e. The molecule has 0 radical (unpaired) electrons. The third kappa shape index (κ3) is 3.44. The van der Waals surface area contributed by atoms with E-state index in [0.29, 0.717) is 5.69 Å². The SMILES string of the molecule is O=[N+]([O-])c1ccc(N2CCC(C(F)(F)F)CC2)cc1CO. The highest BCUT2D eigenvalue weighted by atomic mass is 19.4. The van der Waals surface area contributed by atoms with Gasteiger partial charge in [-0.15, -0.1) is 0 Å². The fourth-order valence-electron chi connectivity index (χ4n) is 2.54. The molecule has 0 unspecified atom stereocenters. The summed E-state index contributed by atoms with van der Waals surface area (Å²) in [4.78, 5) is 11.9. The van der Waals surface area contributed by atoms with E-state index in [1.807, 2.05) is 0 Å². The molecule has 5 nitrogen and oxygen atoms in total. The number of anilines is 1. The van der Waals surface area contributed by atoms with Gasteiger partial charge < -0.3 is 10.0 Å². The third-order valence-corrected chi connectivity index (χ3v) is 3.75. The molecule has 1 aromatic carbocycles. The lowest BCUT2D eigenvalue weighted by Crippen LogP contribution is -2.39. The van der Waals surface area contributed by atoms with Crippen LogP contribution >= 0.6 is 0 Å². The van der Waals surface area contributed by atoms with E-state index in [1.165, 1.54) is 18.2 Å². The van der Waals surface area contributed by atoms with Crippen LogP contribution in [0.3, 0.4) is 0 Å². The zero-order valence-corrected chi connectivity index (χ0v) is 11.1. The predicted octanol–water partition coefficient (Wildman–Crippen LogP) is 2.87. The summed E-state index contributed by atoms with van der Waals surface area (Å²) >= 11 is 0. The van der Waals surface area contributed by atoms with Gasteiger partial charge in [-0.05, 0) is 25.0 Å². The van der Waals surface area contributed by atoms with Crippen molar-refractivity contribution in [1.82, 2.24) is 0 Å². The van der Waals surface area contributed by atoms with Gasteiger partial charge in [-0.1, -0.05) is 0 Å². The summed E-state index contributed by atoms with van der Waals surface area (Å²) in [5.74, 6) is -1.29. The molecule has 1 N–H and O–H groups in total. The first-order chi connectivity index (χ1) is 9.82. The van der Waals surface area contributed by atoms with Crippen LogP contribution in [0.15, 0.2) is 18.2 Å². The minimum Gasteiger partial charge on any atom is -0.391 e. The molecule has 2 rings (SSSR count). The Bertz CT molecular complexity index is 526. The van der Waals surface area contributed by atoms with Crippen molar-refractivity contribution in [3.8, 4) is 0 Å². The van der Waals surface area contributed by atoms with E-state index in [0.717, 1.165) is 0 Å². The highest BCUT2D eigenvalue weighted by Gasteiger charge is 2.41. The monoisotopic (exact) mass is 304 g/mol. The standard InChI is InChI=1S/C13H15F3N2O3/c14-13(15,16)10-3-5-17(6-4-10)11-1-2-12(18(20)21)9(7-11)8-19/h1-2,7,10,19H,3-6,8H2. The molecule has 0 amide bonds. The average molecular weight is 304 g/mol. The second-order valence-corrected chi connectivity index (χ2v) is 5.03. The second-order valence-electron chi connectivity index (χ2n) is 5.03. The Hall–Kier alpha value is -1.83. The highest BCUT2D eigenvalue weighted by molar-refractivity contribution is 5.55. The Labute approximate surface area is 119 Å². The number of rotatable bonds is 3. The van der Waals surface area contributed by atoms with Gasteiger partial charge in [0.2, 0.25) is 0 Å². The fourth-order valence-corrected chi connectivity index (χ4v) is 2.54. The van der Waals surface area contributed by atoms with Crippen LogP contribution in [0.5, 0.6) is 0 Å². The number of nitrogens with zero attached hydrogens (tertiary/aromatic N) is 2. The third-order valence-electron chi connectivity index (χ3n) is 3.75. The number of nitro groups is 1. The molecule has 0 atom stereocenters. The maximum atomic E-state index is 12.6. The van der Waals surface area contributed by atoms with Gasteiger partial charge in [-0.3, -0.25) is 10.1 Å². The Balaban J connectivity index is 2.12. The Morgan fingerprint density at radius 3 is 2.43 bits per heavy atom. The summed E-state index contributed by atoms with van der Waals surface area (Å²) in [6.07, 6.45) is -4.15. The maximum absolute atomic E-state index is 12.6. The van der Waals surface area contributed by atoms with Crippen molar-refractivity contribution < 1.29 is 23.2 Å². The van der Waals surface area contributed by atoms with Gasteiger partial charge in [0.15, 0.2) is 0 Å². The molecule has 1 aliphatic rings. The zero-order valence-electron chi connectivity index (χ0n) is 11.1. The van der Waals surface area contributed by atoms with E-state index >= 15 is 0 Å². The Morgan fingerprint density at radius 2 is 1.95 bits per heavy atom. The van der Waals surface area contributed by atoms with Crippen molar-refractivity contribution in [2.24, 2.45) is 5.92 Å². The van der Waals surface area contributed by atoms with Crippen LogP contribution in [0, 0.1) is 16.0 Å². The molecule has 21 heavy (non-hydrogen) atoms. The van der Waals surface area contributed by atoms with E-state index in [4.69, 9.17) is 5.11 Å². The number of hydrogen-bond donors (Lipinski definition) is 1. The first-order valence-corrected chi connectivity index (χ1v) is 6.52. The summed E-state index contributed by atoms with van der Waals surface area (Å²) in [5.41, 5.74) is 0.576. The van der Waals surface area contributed by atoms with E-state index in [9.17, 15) is 23.3 Å². The van der Waals surface area contributed by atoms with E-state index in [-0.39, 0.29) is 37.2 Å². The molecule has 0 spiro atoms. The zero-order chi connectivity index (χ0) is 15.6. The van der Waals surface area contributed by atoms with Crippen LogP contribution in [-0.2, 0) is 6.61 Å². The molecule has 1 aliphatic heterocycles. The number of aliphatic hydroxyl groups is 1. The summed E-state index contributed by atoms with van der Waals surface area (Å²) in [6, 6.07) is 4.24.